The largest absolute Gasteiger partial charge is 0.310 e. The Kier molecular flexibility index (Phi) is 6.89. The third-order valence-corrected chi connectivity index (χ3v) is 10.4. The maximum absolute atomic E-state index is 2.39. The standard InChI is InChI=1S/C50H33N/c1-2-10-34(11-3-1)39-14-8-15-41(32-39)51(42-28-24-38-21-20-35-12-5-7-17-45(35)50(38)33-42)40-26-22-37(23-27-40)44-18-9-19-46-47(44)30-31-48-43-16-6-4-13-36(43)25-29-49(46)48/h1-33H. The molecule has 0 bridgehead atoms. The molecule has 10 aromatic carbocycles. The highest BCUT2D eigenvalue weighted by molar-refractivity contribution is 6.19. The van der Waals surface area contributed by atoms with E-state index in [1.54, 1.807) is 0 Å². The van der Waals surface area contributed by atoms with Gasteiger partial charge in [0.05, 0.1) is 0 Å². The molecule has 0 radical (unpaired) electrons. The second-order valence-corrected chi connectivity index (χ2v) is 13.3. The first-order valence-corrected chi connectivity index (χ1v) is 17.6. The second kappa shape index (κ2) is 12.0. The van der Waals surface area contributed by atoms with Gasteiger partial charge in [-0.05, 0) is 113 Å². The van der Waals surface area contributed by atoms with Gasteiger partial charge in [0.25, 0.3) is 0 Å². The molecule has 0 aromatic heterocycles. The summed E-state index contributed by atoms with van der Waals surface area (Å²) in [5.41, 5.74) is 8.19. The summed E-state index contributed by atoms with van der Waals surface area (Å²) in [4.78, 5) is 2.39. The Balaban J connectivity index is 1.12. The average Bonchev–Trinajstić information content (AvgIpc) is 3.21. The third-order valence-electron chi connectivity index (χ3n) is 10.4. The number of rotatable bonds is 5. The summed E-state index contributed by atoms with van der Waals surface area (Å²) in [6, 6.07) is 73.0. The van der Waals surface area contributed by atoms with Gasteiger partial charge in [-0.25, -0.2) is 0 Å². The first-order valence-electron chi connectivity index (χ1n) is 17.6. The van der Waals surface area contributed by atoms with Gasteiger partial charge in [-0.3, -0.25) is 0 Å². The molecular weight excluding hydrogens is 615 g/mol. The van der Waals surface area contributed by atoms with Crippen molar-refractivity contribution in [3.05, 3.63) is 200 Å². The van der Waals surface area contributed by atoms with Crippen LogP contribution in [-0.2, 0) is 0 Å². The zero-order valence-electron chi connectivity index (χ0n) is 28.0. The van der Waals surface area contributed by atoms with Crippen LogP contribution in [0.25, 0.3) is 76.1 Å². The molecular formula is C50H33N. The molecule has 0 fully saturated rings. The molecule has 238 valence electrons. The number of nitrogens with zero attached hydrogens (tertiary/aromatic N) is 1. The highest BCUT2D eigenvalue weighted by atomic mass is 15.1. The van der Waals surface area contributed by atoms with Crippen molar-refractivity contribution in [1.29, 1.82) is 0 Å². The Hall–Kier alpha value is -6.70. The first-order chi connectivity index (χ1) is 25.3. The molecule has 1 nitrogen and oxygen atoms in total. The topological polar surface area (TPSA) is 3.24 Å². The molecule has 0 unspecified atom stereocenters. The maximum atomic E-state index is 2.39. The molecule has 0 amide bonds. The van der Waals surface area contributed by atoms with Crippen molar-refractivity contribution >= 4 is 70.9 Å². The van der Waals surface area contributed by atoms with E-state index in [-0.39, 0.29) is 0 Å². The van der Waals surface area contributed by atoms with Gasteiger partial charge in [0.15, 0.2) is 0 Å². The lowest BCUT2D eigenvalue weighted by Crippen LogP contribution is -2.10. The SMILES string of the molecule is c1ccc(-c2cccc(N(c3ccc(-c4cccc5c4ccc4c6ccccc6ccc54)cc3)c3ccc4ccc5ccccc5c4c3)c2)cc1. The third kappa shape index (κ3) is 5.02. The number of hydrogen-bond donors (Lipinski definition) is 0. The van der Waals surface area contributed by atoms with Crippen molar-refractivity contribution in [2.75, 3.05) is 4.90 Å². The fourth-order valence-electron chi connectivity index (χ4n) is 7.93. The molecule has 0 aliphatic heterocycles. The Morgan fingerprint density at radius 3 is 1.55 bits per heavy atom. The molecule has 0 saturated carbocycles. The van der Waals surface area contributed by atoms with Gasteiger partial charge in [-0.1, -0.05) is 164 Å². The molecule has 0 atom stereocenters. The fourth-order valence-corrected chi connectivity index (χ4v) is 7.93. The Bertz CT molecular complexity index is 2900. The van der Waals surface area contributed by atoms with Crippen LogP contribution in [0.2, 0.25) is 0 Å². The van der Waals surface area contributed by atoms with E-state index in [1.165, 1.54) is 76.1 Å². The van der Waals surface area contributed by atoms with E-state index in [0.29, 0.717) is 0 Å². The van der Waals surface area contributed by atoms with E-state index >= 15 is 0 Å². The smallest absolute Gasteiger partial charge is 0.0468 e. The van der Waals surface area contributed by atoms with Gasteiger partial charge >= 0.3 is 0 Å². The van der Waals surface area contributed by atoms with Crippen molar-refractivity contribution < 1.29 is 0 Å². The van der Waals surface area contributed by atoms with E-state index < -0.39 is 0 Å². The Morgan fingerprint density at radius 2 is 0.745 bits per heavy atom. The summed E-state index contributed by atoms with van der Waals surface area (Å²) in [7, 11) is 0. The fraction of sp³-hybridized carbons (Fsp3) is 0. The molecule has 0 saturated heterocycles. The Labute approximate surface area is 297 Å². The van der Waals surface area contributed by atoms with E-state index in [9.17, 15) is 0 Å². The summed E-state index contributed by atoms with van der Waals surface area (Å²) >= 11 is 0. The van der Waals surface area contributed by atoms with Crippen molar-refractivity contribution in [1.82, 2.24) is 0 Å². The quantitative estimate of drug-likeness (QED) is 0.168. The van der Waals surface area contributed by atoms with Crippen LogP contribution < -0.4 is 4.90 Å². The Morgan fingerprint density at radius 1 is 0.235 bits per heavy atom. The van der Waals surface area contributed by atoms with Crippen molar-refractivity contribution in [3.63, 3.8) is 0 Å². The van der Waals surface area contributed by atoms with Gasteiger partial charge in [0.1, 0.15) is 0 Å². The van der Waals surface area contributed by atoms with Gasteiger partial charge in [-0.2, -0.15) is 0 Å². The monoisotopic (exact) mass is 647 g/mol. The van der Waals surface area contributed by atoms with Crippen LogP contribution in [-0.4, -0.2) is 0 Å². The lowest BCUT2D eigenvalue weighted by atomic mass is 9.92. The van der Waals surface area contributed by atoms with Gasteiger partial charge < -0.3 is 4.90 Å². The molecule has 51 heavy (non-hydrogen) atoms. The molecule has 0 aliphatic carbocycles. The van der Waals surface area contributed by atoms with Gasteiger partial charge in [-0.15, -0.1) is 0 Å². The highest BCUT2D eigenvalue weighted by Gasteiger charge is 2.16. The molecule has 10 rings (SSSR count). The van der Waals surface area contributed by atoms with E-state index in [2.05, 4.69) is 205 Å². The van der Waals surface area contributed by atoms with Crippen LogP contribution in [0.15, 0.2) is 200 Å². The van der Waals surface area contributed by atoms with Gasteiger partial charge in [0, 0.05) is 17.1 Å². The minimum Gasteiger partial charge on any atom is -0.310 e. The summed E-state index contributed by atoms with van der Waals surface area (Å²) in [5, 5.41) is 12.7. The molecule has 0 aliphatic rings. The lowest BCUT2D eigenvalue weighted by molar-refractivity contribution is 1.29. The van der Waals surface area contributed by atoms with Crippen molar-refractivity contribution in [2.45, 2.75) is 0 Å². The molecule has 10 aromatic rings. The second-order valence-electron chi connectivity index (χ2n) is 13.3. The number of anilines is 3. The van der Waals surface area contributed by atoms with Crippen molar-refractivity contribution in [2.24, 2.45) is 0 Å². The minimum atomic E-state index is 1.11. The first kappa shape index (κ1) is 29.2. The summed E-state index contributed by atoms with van der Waals surface area (Å²) in [6.07, 6.45) is 0. The van der Waals surface area contributed by atoms with Crippen LogP contribution in [0.5, 0.6) is 0 Å². The minimum absolute atomic E-state index is 1.11. The zero-order valence-corrected chi connectivity index (χ0v) is 28.0. The normalized spacial score (nSPS) is 11.5. The number of benzene rings is 10. The number of hydrogen-bond acceptors (Lipinski definition) is 1. The zero-order chi connectivity index (χ0) is 33.7. The predicted octanol–water partition coefficient (Wildman–Crippen LogP) is 14.3. The van der Waals surface area contributed by atoms with Crippen LogP contribution in [0.3, 0.4) is 0 Å². The maximum Gasteiger partial charge on any atom is 0.0468 e. The van der Waals surface area contributed by atoms with Crippen LogP contribution in [0.4, 0.5) is 17.1 Å². The summed E-state index contributed by atoms with van der Waals surface area (Å²) in [6.45, 7) is 0. The van der Waals surface area contributed by atoms with Crippen molar-refractivity contribution in [3.8, 4) is 22.3 Å². The molecule has 0 heterocycles. The van der Waals surface area contributed by atoms with Crippen LogP contribution in [0.1, 0.15) is 0 Å². The average molecular weight is 648 g/mol. The molecule has 0 N–H and O–H groups in total. The van der Waals surface area contributed by atoms with E-state index in [4.69, 9.17) is 0 Å². The molecule has 0 spiro atoms. The number of fused-ring (bicyclic) bond motifs is 8. The van der Waals surface area contributed by atoms with Crippen LogP contribution in [0, 0.1) is 0 Å². The highest BCUT2D eigenvalue weighted by Crippen LogP contribution is 2.41. The lowest BCUT2D eigenvalue weighted by Gasteiger charge is -2.27. The van der Waals surface area contributed by atoms with E-state index in [0.717, 1.165) is 17.1 Å². The van der Waals surface area contributed by atoms with Crippen LogP contribution >= 0.6 is 0 Å². The predicted molar refractivity (Wildman–Crippen MR) is 220 cm³/mol. The summed E-state index contributed by atoms with van der Waals surface area (Å²) in [5.74, 6) is 0. The van der Waals surface area contributed by atoms with E-state index in [1.807, 2.05) is 0 Å². The summed E-state index contributed by atoms with van der Waals surface area (Å²) < 4.78 is 0. The van der Waals surface area contributed by atoms with Gasteiger partial charge in [0.2, 0.25) is 0 Å². The molecule has 1 heteroatoms.